The maximum absolute atomic E-state index is 13.0. The second kappa shape index (κ2) is 7.21. The fourth-order valence-electron chi connectivity index (χ4n) is 3.54. The van der Waals surface area contributed by atoms with Crippen molar-refractivity contribution in [3.8, 4) is 0 Å². The molecule has 1 aliphatic rings. The minimum atomic E-state index is -0.309. The molecule has 132 valence electrons. The van der Waals surface area contributed by atoms with Crippen LogP contribution in [0.4, 0.5) is 4.39 Å². The molecule has 0 bridgehead atoms. The van der Waals surface area contributed by atoms with Crippen molar-refractivity contribution in [3.63, 3.8) is 0 Å². The maximum Gasteiger partial charge on any atom is 0.256 e. The van der Waals surface area contributed by atoms with Gasteiger partial charge < -0.3 is 9.88 Å². The number of rotatable bonds is 4. The van der Waals surface area contributed by atoms with E-state index in [1.54, 1.807) is 22.9 Å². The van der Waals surface area contributed by atoms with Gasteiger partial charge in [-0.15, -0.1) is 0 Å². The number of carbonyl (C=O) groups is 1. The molecule has 0 aliphatic heterocycles. The van der Waals surface area contributed by atoms with Gasteiger partial charge in [0.25, 0.3) is 5.91 Å². The van der Waals surface area contributed by atoms with E-state index in [2.05, 4.69) is 5.32 Å². The molecule has 1 aromatic carbocycles. The number of nitrogens with zero attached hydrogens (tertiary/aromatic N) is 1. The lowest BCUT2D eigenvalue weighted by Crippen LogP contribution is -2.40. The van der Waals surface area contributed by atoms with Crippen molar-refractivity contribution in [2.24, 2.45) is 13.0 Å². The lowest BCUT2D eigenvalue weighted by Gasteiger charge is -2.21. The number of pyridine rings is 1. The smallest absolute Gasteiger partial charge is 0.256 e. The van der Waals surface area contributed by atoms with E-state index in [1.807, 2.05) is 14.0 Å². The number of nitrogens with one attached hydrogen (secondary N) is 1. The molecule has 3 rings (SSSR count). The van der Waals surface area contributed by atoms with Crippen LogP contribution in [0.15, 0.2) is 41.3 Å². The van der Waals surface area contributed by atoms with E-state index < -0.39 is 0 Å². The molecule has 1 aromatic heterocycles. The number of halogens is 1. The molecule has 0 unspecified atom stereocenters. The molecular formula is C20H23FN2O2. The molecule has 1 amide bonds. The van der Waals surface area contributed by atoms with Crippen LogP contribution < -0.4 is 10.7 Å². The van der Waals surface area contributed by atoms with Gasteiger partial charge in [-0.2, -0.15) is 0 Å². The highest BCUT2D eigenvalue weighted by Gasteiger charge is 2.29. The summed E-state index contributed by atoms with van der Waals surface area (Å²) in [4.78, 5) is 24.7. The molecule has 1 fully saturated rings. The summed E-state index contributed by atoms with van der Waals surface area (Å²) in [5.41, 5.74) is 1.82. The number of hydrogen-bond donors (Lipinski definition) is 1. The van der Waals surface area contributed by atoms with E-state index in [1.165, 1.54) is 18.2 Å². The molecule has 0 spiro atoms. The van der Waals surface area contributed by atoms with Gasteiger partial charge >= 0.3 is 0 Å². The topological polar surface area (TPSA) is 51.1 Å². The molecule has 1 heterocycles. The quantitative estimate of drug-likeness (QED) is 0.929. The second-order valence-corrected chi connectivity index (χ2v) is 6.91. The predicted molar refractivity (Wildman–Crippen MR) is 95.1 cm³/mol. The number of benzene rings is 1. The Kier molecular flexibility index (Phi) is 5.02. The number of amides is 1. The fourth-order valence-corrected chi connectivity index (χ4v) is 3.54. The summed E-state index contributed by atoms with van der Waals surface area (Å²) >= 11 is 0. The van der Waals surface area contributed by atoms with Crippen LogP contribution >= 0.6 is 0 Å². The van der Waals surface area contributed by atoms with Gasteiger partial charge in [0, 0.05) is 31.0 Å². The van der Waals surface area contributed by atoms with E-state index in [0.717, 1.165) is 36.9 Å². The van der Waals surface area contributed by atoms with E-state index in [0.29, 0.717) is 5.92 Å². The second-order valence-electron chi connectivity index (χ2n) is 6.91. The van der Waals surface area contributed by atoms with Gasteiger partial charge in [0.1, 0.15) is 11.4 Å². The van der Waals surface area contributed by atoms with Crippen LogP contribution in [0.3, 0.4) is 0 Å². The van der Waals surface area contributed by atoms with Crippen LogP contribution in [-0.4, -0.2) is 16.5 Å². The van der Waals surface area contributed by atoms with Crippen molar-refractivity contribution in [2.75, 3.05) is 0 Å². The van der Waals surface area contributed by atoms with Crippen molar-refractivity contribution in [1.29, 1.82) is 0 Å². The van der Waals surface area contributed by atoms with Crippen LogP contribution in [0, 0.1) is 18.7 Å². The van der Waals surface area contributed by atoms with Gasteiger partial charge in [0.15, 0.2) is 5.43 Å². The molecule has 1 aliphatic carbocycles. The summed E-state index contributed by atoms with van der Waals surface area (Å²) in [5, 5.41) is 3.04. The van der Waals surface area contributed by atoms with Gasteiger partial charge in [-0.3, -0.25) is 9.59 Å². The normalized spacial score (nSPS) is 19.8. The molecule has 1 N–H and O–H groups in total. The van der Waals surface area contributed by atoms with Crippen LogP contribution in [0.5, 0.6) is 0 Å². The molecule has 2 aromatic rings. The first-order valence-corrected chi connectivity index (χ1v) is 8.66. The van der Waals surface area contributed by atoms with E-state index in [-0.39, 0.29) is 28.8 Å². The zero-order valence-electron chi connectivity index (χ0n) is 14.6. The minimum Gasteiger partial charge on any atom is -0.354 e. The summed E-state index contributed by atoms with van der Waals surface area (Å²) in [7, 11) is 1.82. The largest absolute Gasteiger partial charge is 0.354 e. The third kappa shape index (κ3) is 3.98. The molecule has 0 radical (unpaired) electrons. The first-order chi connectivity index (χ1) is 11.9. The highest BCUT2D eigenvalue weighted by molar-refractivity contribution is 5.94. The molecule has 1 saturated carbocycles. The van der Waals surface area contributed by atoms with E-state index in [4.69, 9.17) is 0 Å². The van der Waals surface area contributed by atoms with Crippen molar-refractivity contribution in [1.82, 2.24) is 9.88 Å². The van der Waals surface area contributed by atoms with Crippen molar-refractivity contribution >= 4 is 5.91 Å². The summed E-state index contributed by atoms with van der Waals surface area (Å²) < 4.78 is 14.8. The van der Waals surface area contributed by atoms with E-state index in [9.17, 15) is 14.0 Å². The summed E-state index contributed by atoms with van der Waals surface area (Å²) in [5.74, 6) is -0.240. The zero-order valence-corrected chi connectivity index (χ0v) is 14.6. The molecule has 4 nitrogen and oxygen atoms in total. The van der Waals surface area contributed by atoms with Gasteiger partial charge in [0.05, 0.1) is 0 Å². The Labute approximate surface area is 146 Å². The van der Waals surface area contributed by atoms with Crippen molar-refractivity contribution < 1.29 is 9.18 Å². The minimum absolute atomic E-state index is 0.0450. The zero-order chi connectivity index (χ0) is 18.0. The molecule has 0 saturated heterocycles. The van der Waals surface area contributed by atoms with Crippen LogP contribution in [-0.2, 0) is 13.5 Å². The van der Waals surface area contributed by atoms with Crippen LogP contribution in [0.25, 0.3) is 0 Å². The fraction of sp³-hybridized carbons (Fsp3) is 0.400. The molecule has 2 atom stereocenters. The monoisotopic (exact) mass is 342 g/mol. The van der Waals surface area contributed by atoms with Gasteiger partial charge in [-0.1, -0.05) is 18.6 Å². The first kappa shape index (κ1) is 17.4. The lowest BCUT2D eigenvalue weighted by molar-refractivity contribution is 0.0926. The Morgan fingerprint density at radius 3 is 2.72 bits per heavy atom. The number of aromatic nitrogens is 1. The summed E-state index contributed by atoms with van der Waals surface area (Å²) in [6.45, 7) is 1.83. The van der Waals surface area contributed by atoms with Crippen molar-refractivity contribution in [2.45, 2.75) is 38.6 Å². The highest BCUT2D eigenvalue weighted by atomic mass is 19.1. The summed E-state index contributed by atoms with van der Waals surface area (Å²) in [6.07, 6.45) is 5.37. The predicted octanol–water partition coefficient (Wildman–Crippen LogP) is 2.97. The van der Waals surface area contributed by atoms with Gasteiger partial charge in [-0.05, 0) is 49.8 Å². The average Bonchev–Trinajstić information content (AvgIpc) is 3.00. The Morgan fingerprint density at radius 1 is 1.28 bits per heavy atom. The molecule has 25 heavy (non-hydrogen) atoms. The number of hydrogen-bond acceptors (Lipinski definition) is 2. The highest BCUT2D eigenvalue weighted by Crippen LogP contribution is 2.29. The lowest BCUT2D eigenvalue weighted by atomic mass is 9.94. The maximum atomic E-state index is 13.0. The third-order valence-corrected chi connectivity index (χ3v) is 5.12. The van der Waals surface area contributed by atoms with Crippen LogP contribution in [0.1, 0.15) is 40.9 Å². The molecule has 5 heteroatoms. The van der Waals surface area contributed by atoms with Crippen molar-refractivity contribution in [3.05, 3.63) is 69.4 Å². The first-order valence-electron chi connectivity index (χ1n) is 8.66. The molecular weight excluding hydrogens is 319 g/mol. The van der Waals surface area contributed by atoms with Gasteiger partial charge in [-0.25, -0.2) is 4.39 Å². The number of aryl methyl sites for hydroxylation is 2. The SMILES string of the molecule is Cc1cc(=O)c(C(=O)N[C@H]2CCC[C@H]2Cc2ccc(F)cc2)cn1C. The Hall–Kier alpha value is -2.43. The Morgan fingerprint density at radius 2 is 2.00 bits per heavy atom. The van der Waals surface area contributed by atoms with Crippen LogP contribution in [0.2, 0.25) is 0 Å². The average molecular weight is 342 g/mol. The Bertz CT molecular complexity index is 827. The standard InChI is InChI=1S/C20H23FN2O2/c1-13-10-19(24)17(12-23(13)2)20(25)22-18-5-3-4-15(18)11-14-6-8-16(21)9-7-14/h6-10,12,15,18H,3-5,11H2,1-2H3,(H,22,25)/t15-,18-/m0/s1. The Balaban J connectivity index is 1.71. The van der Waals surface area contributed by atoms with Gasteiger partial charge in [0.2, 0.25) is 0 Å². The van der Waals surface area contributed by atoms with E-state index >= 15 is 0 Å². The number of carbonyl (C=O) groups excluding carboxylic acids is 1. The third-order valence-electron chi connectivity index (χ3n) is 5.12. The summed E-state index contributed by atoms with van der Waals surface area (Å²) in [6, 6.07) is 8.05.